The van der Waals surface area contributed by atoms with Crippen molar-refractivity contribution in [2.45, 2.75) is 0 Å². The summed E-state index contributed by atoms with van der Waals surface area (Å²) in [6, 6.07) is 5.29. The zero-order valence-electron chi connectivity index (χ0n) is 10.4. The summed E-state index contributed by atoms with van der Waals surface area (Å²) in [5.74, 6) is -0.187. The van der Waals surface area contributed by atoms with Crippen LogP contribution in [-0.2, 0) is 4.74 Å². The molecule has 0 bridgehead atoms. The first-order chi connectivity index (χ1) is 9.70. The summed E-state index contributed by atoms with van der Waals surface area (Å²) in [6.45, 7) is 0. The van der Waals surface area contributed by atoms with E-state index < -0.39 is 5.97 Å². The summed E-state index contributed by atoms with van der Waals surface area (Å²) < 4.78 is 5.08. The van der Waals surface area contributed by atoms with Crippen molar-refractivity contribution in [3.8, 4) is 11.5 Å². The van der Waals surface area contributed by atoms with E-state index in [-0.39, 0.29) is 11.1 Å². The third-order valence-corrected chi connectivity index (χ3v) is 3.71. The SMILES string of the molecule is COC(=O)c1csc2c(=O)[nH]c(-c3ccccn3)nc12. The van der Waals surface area contributed by atoms with Crippen molar-refractivity contribution < 1.29 is 9.53 Å². The number of nitrogens with zero attached hydrogens (tertiary/aromatic N) is 2. The van der Waals surface area contributed by atoms with Crippen LogP contribution in [0.1, 0.15) is 10.4 Å². The smallest absolute Gasteiger partial charge is 0.340 e. The summed E-state index contributed by atoms with van der Waals surface area (Å²) in [5, 5.41) is 1.57. The number of rotatable bonds is 2. The lowest BCUT2D eigenvalue weighted by molar-refractivity contribution is 0.0603. The van der Waals surface area contributed by atoms with Crippen molar-refractivity contribution in [1.82, 2.24) is 15.0 Å². The molecule has 20 heavy (non-hydrogen) atoms. The Morgan fingerprint density at radius 2 is 2.25 bits per heavy atom. The Kier molecular flexibility index (Phi) is 3.03. The molecule has 3 heterocycles. The number of carbonyl (C=O) groups excluding carboxylic acids is 1. The molecule has 3 aromatic rings. The maximum absolute atomic E-state index is 12.0. The van der Waals surface area contributed by atoms with Crippen LogP contribution in [-0.4, -0.2) is 28.0 Å². The number of thiophene rings is 1. The number of aromatic nitrogens is 3. The highest BCUT2D eigenvalue weighted by molar-refractivity contribution is 7.17. The van der Waals surface area contributed by atoms with Crippen LogP contribution in [0.15, 0.2) is 34.6 Å². The number of ether oxygens (including phenoxy) is 1. The van der Waals surface area contributed by atoms with Crippen molar-refractivity contribution in [1.29, 1.82) is 0 Å². The number of pyridine rings is 1. The standard InChI is InChI=1S/C13H9N3O3S/c1-19-13(18)7-6-20-10-9(7)15-11(16-12(10)17)8-4-2-3-5-14-8/h2-6H,1H3,(H,15,16,17). The van der Waals surface area contributed by atoms with Gasteiger partial charge < -0.3 is 9.72 Å². The van der Waals surface area contributed by atoms with E-state index in [0.29, 0.717) is 21.7 Å². The molecule has 0 atom stereocenters. The van der Waals surface area contributed by atoms with Crippen LogP contribution in [0.5, 0.6) is 0 Å². The third-order valence-electron chi connectivity index (χ3n) is 2.74. The topological polar surface area (TPSA) is 84.9 Å². The minimum atomic E-state index is -0.513. The molecule has 100 valence electrons. The number of aromatic amines is 1. The van der Waals surface area contributed by atoms with Crippen LogP contribution in [0.2, 0.25) is 0 Å². The number of H-pyrrole nitrogens is 1. The maximum Gasteiger partial charge on any atom is 0.340 e. The minimum absolute atomic E-state index is 0.288. The predicted octanol–water partition coefficient (Wildman–Crippen LogP) is 1.83. The number of hydrogen-bond acceptors (Lipinski definition) is 6. The molecule has 0 saturated carbocycles. The largest absolute Gasteiger partial charge is 0.465 e. The van der Waals surface area contributed by atoms with Gasteiger partial charge in [-0.2, -0.15) is 0 Å². The molecule has 0 aliphatic carbocycles. The van der Waals surface area contributed by atoms with Crippen LogP contribution >= 0.6 is 11.3 Å². The number of esters is 1. The van der Waals surface area contributed by atoms with Gasteiger partial charge in [0.25, 0.3) is 5.56 Å². The Morgan fingerprint density at radius 3 is 2.95 bits per heavy atom. The normalized spacial score (nSPS) is 10.7. The van der Waals surface area contributed by atoms with Crippen molar-refractivity contribution in [2.75, 3.05) is 7.11 Å². The zero-order valence-corrected chi connectivity index (χ0v) is 11.2. The van der Waals surface area contributed by atoms with Crippen molar-refractivity contribution in [2.24, 2.45) is 0 Å². The quantitative estimate of drug-likeness (QED) is 0.727. The van der Waals surface area contributed by atoms with Gasteiger partial charge >= 0.3 is 5.97 Å². The summed E-state index contributed by atoms with van der Waals surface area (Å²) in [5.41, 5.74) is 0.867. The molecule has 0 radical (unpaired) electrons. The molecule has 0 saturated heterocycles. The van der Waals surface area contributed by atoms with Gasteiger partial charge in [0.2, 0.25) is 0 Å². The Balaban J connectivity index is 2.27. The lowest BCUT2D eigenvalue weighted by atomic mass is 10.2. The second-order valence-electron chi connectivity index (χ2n) is 3.95. The van der Waals surface area contributed by atoms with Gasteiger partial charge in [0.15, 0.2) is 5.82 Å². The van der Waals surface area contributed by atoms with Gasteiger partial charge in [-0.15, -0.1) is 11.3 Å². The van der Waals surface area contributed by atoms with Crippen LogP contribution < -0.4 is 5.56 Å². The lowest BCUT2D eigenvalue weighted by Gasteiger charge is -2.01. The molecule has 3 rings (SSSR count). The molecule has 0 aliphatic heterocycles. The molecule has 0 spiro atoms. The van der Waals surface area contributed by atoms with Crippen molar-refractivity contribution in [3.05, 3.63) is 45.7 Å². The monoisotopic (exact) mass is 287 g/mol. The van der Waals surface area contributed by atoms with E-state index in [2.05, 4.69) is 19.7 Å². The van der Waals surface area contributed by atoms with Gasteiger partial charge in [0.1, 0.15) is 15.9 Å². The molecule has 0 aliphatic rings. The molecule has 0 unspecified atom stereocenters. The molecule has 3 aromatic heterocycles. The highest BCUT2D eigenvalue weighted by Crippen LogP contribution is 2.23. The van der Waals surface area contributed by atoms with Crippen molar-refractivity contribution >= 4 is 27.5 Å². The molecular weight excluding hydrogens is 278 g/mol. The van der Waals surface area contributed by atoms with E-state index in [0.717, 1.165) is 11.3 Å². The van der Waals surface area contributed by atoms with Crippen LogP contribution in [0.4, 0.5) is 0 Å². The number of carbonyl (C=O) groups is 1. The summed E-state index contributed by atoms with van der Waals surface area (Å²) in [6.07, 6.45) is 1.61. The Labute approximate surface area is 117 Å². The first-order valence-corrected chi connectivity index (χ1v) is 6.60. The predicted molar refractivity (Wildman–Crippen MR) is 74.8 cm³/mol. The second kappa shape index (κ2) is 4.86. The second-order valence-corrected chi connectivity index (χ2v) is 4.83. The molecular formula is C13H9N3O3S. The van der Waals surface area contributed by atoms with Gasteiger partial charge in [-0.25, -0.2) is 9.78 Å². The van der Waals surface area contributed by atoms with E-state index in [1.165, 1.54) is 7.11 Å². The fraction of sp³-hybridized carbons (Fsp3) is 0.0769. The zero-order chi connectivity index (χ0) is 14.1. The molecule has 6 nitrogen and oxygen atoms in total. The molecule has 0 aromatic carbocycles. The lowest BCUT2D eigenvalue weighted by Crippen LogP contribution is -2.10. The van der Waals surface area contributed by atoms with Gasteiger partial charge in [0.05, 0.1) is 12.7 Å². The molecule has 1 N–H and O–H groups in total. The first-order valence-electron chi connectivity index (χ1n) is 5.72. The highest BCUT2D eigenvalue weighted by Gasteiger charge is 2.17. The van der Waals surface area contributed by atoms with Crippen molar-refractivity contribution in [3.63, 3.8) is 0 Å². The molecule has 0 amide bonds. The van der Waals surface area contributed by atoms with E-state index >= 15 is 0 Å². The first kappa shape index (κ1) is 12.5. The fourth-order valence-electron chi connectivity index (χ4n) is 1.81. The van der Waals surface area contributed by atoms with Gasteiger partial charge in [-0.3, -0.25) is 9.78 Å². The van der Waals surface area contributed by atoms with Crippen LogP contribution in [0, 0.1) is 0 Å². The van der Waals surface area contributed by atoms with E-state index in [9.17, 15) is 9.59 Å². The summed E-state index contributed by atoms with van der Waals surface area (Å²) in [4.78, 5) is 34.8. The van der Waals surface area contributed by atoms with Gasteiger partial charge in [0, 0.05) is 11.6 Å². The van der Waals surface area contributed by atoms with E-state index in [1.807, 2.05) is 0 Å². The number of hydrogen-bond donors (Lipinski definition) is 1. The maximum atomic E-state index is 12.0. The van der Waals surface area contributed by atoms with Gasteiger partial charge in [-0.1, -0.05) is 6.07 Å². The fourth-order valence-corrected chi connectivity index (χ4v) is 2.68. The Hall–Kier alpha value is -2.54. The average molecular weight is 287 g/mol. The summed E-state index contributed by atoms with van der Waals surface area (Å²) >= 11 is 1.16. The minimum Gasteiger partial charge on any atom is -0.465 e. The van der Waals surface area contributed by atoms with Crippen LogP contribution in [0.3, 0.4) is 0 Å². The number of nitrogens with one attached hydrogen (secondary N) is 1. The molecule has 0 fully saturated rings. The Morgan fingerprint density at radius 1 is 1.40 bits per heavy atom. The Bertz CT molecular complexity index is 839. The highest BCUT2D eigenvalue weighted by atomic mass is 32.1. The van der Waals surface area contributed by atoms with E-state index in [4.69, 9.17) is 0 Å². The third kappa shape index (κ3) is 1.97. The summed E-state index contributed by atoms with van der Waals surface area (Å²) in [7, 11) is 1.29. The number of methoxy groups -OCH3 is 1. The van der Waals surface area contributed by atoms with E-state index in [1.54, 1.807) is 29.8 Å². The van der Waals surface area contributed by atoms with Gasteiger partial charge in [-0.05, 0) is 12.1 Å². The molecule has 7 heteroatoms. The van der Waals surface area contributed by atoms with Crippen LogP contribution in [0.25, 0.3) is 21.7 Å². The average Bonchev–Trinajstić information content (AvgIpc) is 2.92. The number of fused-ring (bicyclic) bond motifs is 1.